The zero-order valence-corrected chi connectivity index (χ0v) is 17.6. The normalized spacial score (nSPS) is 13.7. The maximum atomic E-state index is 12.5. The smallest absolute Gasteiger partial charge is 0.415 e. The van der Waals surface area contributed by atoms with Crippen LogP contribution < -0.4 is 14.4 Å². The van der Waals surface area contributed by atoms with Gasteiger partial charge in [-0.25, -0.2) is 9.78 Å². The minimum absolute atomic E-state index is 0.316. The number of aromatic nitrogens is 2. The zero-order valence-electron chi connectivity index (χ0n) is 17.6. The largest absolute Gasteiger partial charge is 0.492 e. The Hall–Kier alpha value is -3.61. The first kappa shape index (κ1) is 20.7. The molecule has 0 spiro atoms. The quantitative estimate of drug-likeness (QED) is 0.608. The van der Waals surface area contributed by atoms with Gasteiger partial charge in [-0.1, -0.05) is 18.2 Å². The van der Waals surface area contributed by atoms with Gasteiger partial charge >= 0.3 is 6.09 Å². The maximum Gasteiger partial charge on any atom is 0.415 e. The summed E-state index contributed by atoms with van der Waals surface area (Å²) in [6.07, 6.45) is 5.72. The summed E-state index contributed by atoms with van der Waals surface area (Å²) in [4.78, 5) is 24.9. The summed E-state index contributed by atoms with van der Waals surface area (Å²) >= 11 is 0. The lowest BCUT2D eigenvalue weighted by Crippen LogP contribution is -2.49. The molecule has 1 aromatic carbocycles. The van der Waals surface area contributed by atoms with Crippen molar-refractivity contribution in [2.24, 2.45) is 0 Å². The highest BCUT2D eigenvalue weighted by molar-refractivity contribution is 5.71. The highest BCUT2D eigenvalue weighted by Gasteiger charge is 2.23. The average molecular weight is 418 g/mol. The van der Waals surface area contributed by atoms with Crippen LogP contribution in [0.15, 0.2) is 67.1 Å². The minimum Gasteiger partial charge on any atom is -0.492 e. The van der Waals surface area contributed by atoms with E-state index < -0.39 is 0 Å². The second kappa shape index (κ2) is 9.93. The van der Waals surface area contributed by atoms with Crippen LogP contribution in [-0.4, -0.2) is 53.7 Å². The molecular weight excluding hydrogens is 392 g/mol. The van der Waals surface area contributed by atoms with E-state index in [1.807, 2.05) is 55.6 Å². The average Bonchev–Trinajstić information content (AvgIpc) is 2.81. The number of hydrogen-bond donors (Lipinski definition) is 0. The summed E-state index contributed by atoms with van der Waals surface area (Å²) in [5.41, 5.74) is 2.25. The lowest BCUT2D eigenvalue weighted by molar-refractivity contribution is 0.149. The molecule has 0 unspecified atom stereocenters. The molecule has 1 saturated heterocycles. The first-order valence-electron chi connectivity index (χ1n) is 10.4. The van der Waals surface area contributed by atoms with Gasteiger partial charge in [-0.2, -0.15) is 0 Å². The van der Waals surface area contributed by atoms with Crippen molar-refractivity contribution >= 4 is 11.9 Å². The third-order valence-corrected chi connectivity index (χ3v) is 5.18. The number of carbonyl (C=O) groups is 1. The van der Waals surface area contributed by atoms with Crippen LogP contribution in [0.5, 0.6) is 11.5 Å². The predicted octanol–water partition coefficient (Wildman–Crippen LogP) is 3.73. The van der Waals surface area contributed by atoms with Gasteiger partial charge in [0.05, 0.1) is 12.8 Å². The van der Waals surface area contributed by atoms with Crippen molar-refractivity contribution in [3.05, 3.63) is 78.2 Å². The monoisotopic (exact) mass is 418 g/mol. The van der Waals surface area contributed by atoms with Crippen molar-refractivity contribution in [1.82, 2.24) is 14.9 Å². The Bertz CT molecular complexity index is 970. The lowest BCUT2D eigenvalue weighted by atomic mass is 10.1. The van der Waals surface area contributed by atoms with E-state index in [1.165, 1.54) is 0 Å². The summed E-state index contributed by atoms with van der Waals surface area (Å²) in [6.45, 7) is 5.27. The number of rotatable bonds is 6. The molecule has 0 atom stereocenters. The molecule has 0 radical (unpaired) electrons. The molecule has 31 heavy (non-hydrogen) atoms. The van der Waals surface area contributed by atoms with Gasteiger partial charge in [0.15, 0.2) is 0 Å². The summed E-state index contributed by atoms with van der Waals surface area (Å²) in [5.74, 6) is 2.25. The van der Waals surface area contributed by atoms with E-state index in [2.05, 4.69) is 20.9 Å². The third kappa shape index (κ3) is 5.72. The number of benzene rings is 1. The summed E-state index contributed by atoms with van der Waals surface area (Å²) in [5, 5.41) is 0. The van der Waals surface area contributed by atoms with Crippen molar-refractivity contribution in [3.63, 3.8) is 0 Å². The predicted molar refractivity (Wildman–Crippen MR) is 119 cm³/mol. The van der Waals surface area contributed by atoms with E-state index >= 15 is 0 Å². The number of aryl methyl sites for hydroxylation is 1. The Morgan fingerprint density at radius 2 is 1.77 bits per heavy atom. The second-order valence-corrected chi connectivity index (χ2v) is 7.47. The topological polar surface area (TPSA) is 67.8 Å². The molecule has 1 aliphatic heterocycles. The zero-order chi connectivity index (χ0) is 21.5. The van der Waals surface area contributed by atoms with E-state index in [1.54, 1.807) is 17.3 Å². The number of anilines is 1. The lowest BCUT2D eigenvalue weighted by Gasteiger charge is -2.34. The number of pyridine rings is 2. The molecule has 7 heteroatoms. The van der Waals surface area contributed by atoms with Gasteiger partial charge in [0.1, 0.15) is 17.3 Å². The van der Waals surface area contributed by atoms with Crippen LogP contribution >= 0.6 is 0 Å². The van der Waals surface area contributed by atoms with Crippen molar-refractivity contribution < 1.29 is 14.3 Å². The molecule has 4 rings (SSSR count). The maximum absolute atomic E-state index is 12.5. The van der Waals surface area contributed by atoms with Gasteiger partial charge in [-0.15, -0.1) is 0 Å². The molecule has 3 heterocycles. The van der Waals surface area contributed by atoms with E-state index in [0.717, 1.165) is 42.2 Å². The van der Waals surface area contributed by atoms with Crippen molar-refractivity contribution in [2.75, 3.05) is 37.7 Å². The number of hydrogen-bond acceptors (Lipinski definition) is 6. The second-order valence-electron chi connectivity index (χ2n) is 7.47. The van der Waals surface area contributed by atoms with E-state index in [-0.39, 0.29) is 6.09 Å². The molecule has 1 aliphatic rings. The molecule has 3 aromatic rings. The van der Waals surface area contributed by atoms with Crippen LogP contribution in [0.1, 0.15) is 11.1 Å². The van der Waals surface area contributed by atoms with Crippen molar-refractivity contribution in [1.29, 1.82) is 0 Å². The van der Waals surface area contributed by atoms with Crippen molar-refractivity contribution in [2.45, 2.75) is 13.3 Å². The molecular formula is C24H26N4O3. The van der Waals surface area contributed by atoms with Gasteiger partial charge in [0.25, 0.3) is 0 Å². The number of nitrogens with zero attached hydrogens (tertiary/aromatic N) is 4. The van der Waals surface area contributed by atoms with Gasteiger partial charge in [0, 0.05) is 45.0 Å². The molecule has 0 bridgehead atoms. The van der Waals surface area contributed by atoms with Gasteiger partial charge in [-0.3, -0.25) is 4.98 Å². The standard InChI is InChI=1S/C24H26N4O3/c1-19-4-9-23(26-17-19)27-12-14-28(15-13-27)24(29)31-21-7-5-20(6-8-21)10-16-30-22-3-2-11-25-18-22/h2-9,11,17-18H,10,12-16H2,1H3. The first-order valence-corrected chi connectivity index (χ1v) is 10.4. The summed E-state index contributed by atoms with van der Waals surface area (Å²) in [7, 11) is 0. The molecule has 7 nitrogen and oxygen atoms in total. The Morgan fingerprint density at radius 1 is 0.968 bits per heavy atom. The first-order chi connectivity index (χ1) is 15.2. The molecule has 0 aliphatic carbocycles. The molecule has 1 fully saturated rings. The fourth-order valence-corrected chi connectivity index (χ4v) is 3.37. The summed E-state index contributed by atoms with van der Waals surface area (Å²) < 4.78 is 11.2. The number of piperazine rings is 1. The Kier molecular flexibility index (Phi) is 6.62. The van der Waals surface area contributed by atoms with Crippen LogP contribution in [-0.2, 0) is 6.42 Å². The fraction of sp³-hybridized carbons (Fsp3) is 0.292. The molecule has 160 valence electrons. The molecule has 1 amide bonds. The van der Waals surface area contributed by atoms with Crippen molar-refractivity contribution in [3.8, 4) is 11.5 Å². The van der Waals surface area contributed by atoms with Crippen LogP contribution in [0.2, 0.25) is 0 Å². The SMILES string of the molecule is Cc1ccc(N2CCN(C(=O)Oc3ccc(CCOc4cccnc4)cc3)CC2)nc1. The fourth-order valence-electron chi connectivity index (χ4n) is 3.37. The summed E-state index contributed by atoms with van der Waals surface area (Å²) in [6, 6.07) is 15.4. The number of amides is 1. The van der Waals surface area contributed by atoms with Gasteiger partial charge in [-0.05, 0) is 48.4 Å². The highest BCUT2D eigenvalue weighted by atomic mass is 16.6. The van der Waals surface area contributed by atoms with E-state index in [9.17, 15) is 4.79 Å². The van der Waals surface area contributed by atoms with Gasteiger partial charge < -0.3 is 19.3 Å². The van der Waals surface area contributed by atoms with Crippen LogP contribution in [0, 0.1) is 6.92 Å². The third-order valence-electron chi connectivity index (χ3n) is 5.18. The van der Waals surface area contributed by atoms with Crippen LogP contribution in [0.25, 0.3) is 0 Å². The Labute approximate surface area is 182 Å². The molecule has 0 saturated carbocycles. The van der Waals surface area contributed by atoms with Crippen LogP contribution in [0.4, 0.5) is 10.6 Å². The minimum atomic E-state index is -0.316. The van der Waals surface area contributed by atoms with E-state index in [4.69, 9.17) is 9.47 Å². The molecule has 0 N–H and O–H groups in total. The van der Waals surface area contributed by atoms with Crippen LogP contribution in [0.3, 0.4) is 0 Å². The van der Waals surface area contributed by atoms with E-state index in [0.29, 0.717) is 25.4 Å². The number of ether oxygens (including phenoxy) is 2. The Morgan fingerprint density at radius 3 is 2.45 bits per heavy atom. The Balaban J connectivity index is 1.22. The number of carbonyl (C=O) groups excluding carboxylic acids is 1. The molecule has 2 aromatic heterocycles. The highest BCUT2D eigenvalue weighted by Crippen LogP contribution is 2.17. The van der Waals surface area contributed by atoms with Gasteiger partial charge in [0.2, 0.25) is 0 Å².